The van der Waals surface area contributed by atoms with E-state index in [0.29, 0.717) is 0 Å². The van der Waals surface area contributed by atoms with E-state index in [1.54, 1.807) is 13.8 Å². The van der Waals surface area contributed by atoms with Crippen molar-refractivity contribution in [1.29, 1.82) is 0 Å². The lowest BCUT2D eigenvalue weighted by molar-refractivity contribution is -0.776. The van der Waals surface area contributed by atoms with Gasteiger partial charge < -0.3 is 4.84 Å². The van der Waals surface area contributed by atoms with E-state index in [1.807, 2.05) is 0 Å². The largest absolute Gasteiger partial charge is 0.303 e. The molecule has 70 valence electrons. The Morgan fingerprint density at radius 2 is 1.83 bits per heavy atom. The monoisotopic (exact) mass is 178 g/mol. The lowest BCUT2D eigenvalue weighted by atomic mass is 10.1. The predicted octanol–water partition coefficient (Wildman–Crippen LogP) is 0.496. The Bertz CT molecular complexity index is 165. The first kappa shape index (κ1) is 10.6. The molecule has 0 heterocycles. The second-order valence-corrected chi connectivity index (χ2v) is 2.63. The zero-order chi connectivity index (χ0) is 9.72. The maximum atomic E-state index is 10.00. The van der Waals surface area contributed by atoms with Gasteiger partial charge in [0.2, 0.25) is 6.54 Å². The zero-order valence-corrected chi connectivity index (χ0v) is 6.80. The van der Waals surface area contributed by atoms with Gasteiger partial charge in [0.15, 0.2) is 6.10 Å². The van der Waals surface area contributed by atoms with Gasteiger partial charge in [-0.05, 0) is 5.92 Å². The fourth-order valence-corrected chi connectivity index (χ4v) is 0.623. The number of rotatable bonds is 5. The van der Waals surface area contributed by atoms with Crippen molar-refractivity contribution in [3.8, 4) is 0 Å². The van der Waals surface area contributed by atoms with Gasteiger partial charge in [0.25, 0.3) is 5.09 Å². The Labute approximate surface area is 68.6 Å². The quantitative estimate of drug-likeness (QED) is 0.451. The summed E-state index contributed by atoms with van der Waals surface area (Å²) >= 11 is 0. The Morgan fingerprint density at radius 1 is 1.33 bits per heavy atom. The molecule has 0 rings (SSSR count). The summed E-state index contributed by atoms with van der Waals surface area (Å²) in [6.07, 6.45) is -0.963. The minimum atomic E-state index is -1.01. The molecular weight excluding hydrogens is 168 g/mol. The molecule has 12 heavy (non-hydrogen) atoms. The van der Waals surface area contributed by atoms with Crippen molar-refractivity contribution in [3.05, 3.63) is 20.2 Å². The minimum absolute atomic E-state index is 0.249. The van der Waals surface area contributed by atoms with Crippen LogP contribution in [0.5, 0.6) is 0 Å². The number of nitrogens with zero attached hydrogens (tertiary/aromatic N) is 2. The number of nitro groups is 1. The SMILES string of the molecule is CC(C)C(C[N+](=O)[O-])O[N+](=O)[O-]. The molecule has 0 saturated heterocycles. The number of hydrogen-bond acceptors (Lipinski definition) is 5. The molecule has 0 amide bonds. The molecule has 7 nitrogen and oxygen atoms in total. The van der Waals surface area contributed by atoms with Gasteiger partial charge in [0.05, 0.1) is 0 Å². The summed E-state index contributed by atoms with van der Waals surface area (Å²) in [5.41, 5.74) is 0. The van der Waals surface area contributed by atoms with Crippen LogP contribution in [0.15, 0.2) is 0 Å². The van der Waals surface area contributed by atoms with E-state index < -0.39 is 22.7 Å². The third kappa shape index (κ3) is 4.42. The lowest BCUT2D eigenvalue weighted by Crippen LogP contribution is -2.30. The van der Waals surface area contributed by atoms with Crippen LogP contribution >= 0.6 is 0 Å². The normalized spacial score (nSPS) is 12.6. The maximum Gasteiger partial charge on any atom is 0.295 e. The van der Waals surface area contributed by atoms with Crippen molar-refractivity contribution in [2.24, 2.45) is 5.92 Å². The second-order valence-electron chi connectivity index (χ2n) is 2.63. The van der Waals surface area contributed by atoms with Crippen molar-refractivity contribution in [2.45, 2.75) is 20.0 Å². The lowest BCUT2D eigenvalue weighted by Gasteiger charge is -2.13. The highest BCUT2D eigenvalue weighted by Crippen LogP contribution is 2.06. The van der Waals surface area contributed by atoms with E-state index in [9.17, 15) is 20.2 Å². The van der Waals surface area contributed by atoms with E-state index in [1.165, 1.54) is 0 Å². The molecule has 7 heteroatoms. The van der Waals surface area contributed by atoms with E-state index in [4.69, 9.17) is 0 Å². The second kappa shape index (κ2) is 4.47. The average Bonchev–Trinajstić information content (AvgIpc) is 1.83. The molecule has 0 bridgehead atoms. The van der Waals surface area contributed by atoms with Crippen molar-refractivity contribution < 1.29 is 14.8 Å². The fraction of sp³-hybridized carbons (Fsp3) is 1.00. The Balaban J connectivity index is 4.04. The highest BCUT2D eigenvalue weighted by Gasteiger charge is 2.23. The summed E-state index contributed by atoms with van der Waals surface area (Å²) in [4.78, 5) is 23.3. The van der Waals surface area contributed by atoms with Crippen molar-refractivity contribution in [2.75, 3.05) is 6.54 Å². The van der Waals surface area contributed by atoms with Crippen LogP contribution < -0.4 is 0 Å². The third-order valence-corrected chi connectivity index (χ3v) is 1.29. The van der Waals surface area contributed by atoms with E-state index in [0.717, 1.165) is 0 Å². The molecule has 0 aliphatic carbocycles. The number of hydrogen-bond donors (Lipinski definition) is 0. The first-order valence-corrected chi connectivity index (χ1v) is 3.36. The van der Waals surface area contributed by atoms with Gasteiger partial charge in [-0.25, -0.2) is 0 Å². The molecule has 0 fully saturated rings. The van der Waals surface area contributed by atoms with E-state index in [-0.39, 0.29) is 5.92 Å². The van der Waals surface area contributed by atoms with Gasteiger partial charge in [-0.2, -0.15) is 0 Å². The summed E-state index contributed by atoms with van der Waals surface area (Å²) < 4.78 is 0. The topological polar surface area (TPSA) is 95.5 Å². The van der Waals surface area contributed by atoms with Crippen LogP contribution in [0, 0.1) is 26.1 Å². The van der Waals surface area contributed by atoms with Crippen LogP contribution in [-0.2, 0) is 4.84 Å². The standard InChI is InChI=1S/C5H10N2O5/c1-4(2)5(3-6(8)9)12-7(10)11/h4-5H,3H2,1-2H3. The molecule has 0 aromatic heterocycles. The summed E-state index contributed by atoms with van der Waals surface area (Å²) in [6, 6.07) is 0. The van der Waals surface area contributed by atoms with Crippen molar-refractivity contribution in [1.82, 2.24) is 0 Å². The highest BCUT2D eigenvalue weighted by atomic mass is 17.0. The summed E-state index contributed by atoms with van der Waals surface area (Å²) in [5, 5.41) is 18.8. The molecular formula is C5H10N2O5. The first-order valence-electron chi connectivity index (χ1n) is 3.36. The fourth-order valence-electron chi connectivity index (χ4n) is 0.623. The van der Waals surface area contributed by atoms with Gasteiger partial charge in [-0.15, -0.1) is 10.1 Å². The van der Waals surface area contributed by atoms with Crippen molar-refractivity contribution in [3.63, 3.8) is 0 Å². The summed E-state index contributed by atoms with van der Waals surface area (Å²) in [6.45, 7) is 2.70. The third-order valence-electron chi connectivity index (χ3n) is 1.29. The minimum Gasteiger partial charge on any atom is -0.303 e. The van der Waals surface area contributed by atoms with Crippen LogP contribution in [0.1, 0.15) is 13.8 Å². The van der Waals surface area contributed by atoms with Crippen molar-refractivity contribution >= 4 is 0 Å². The molecule has 0 aliphatic rings. The Hall–Kier alpha value is -1.40. The van der Waals surface area contributed by atoms with Gasteiger partial charge in [0, 0.05) is 4.92 Å². The average molecular weight is 178 g/mol. The van der Waals surface area contributed by atoms with Gasteiger partial charge >= 0.3 is 0 Å². The highest BCUT2D eigenvalue weighted by molar-refractivity contribution is 4.58. The molecule has 0 saturated carbocycles. The van der Waals surface area contributed by atoms with Crippen LogP contribution in [0.4, 0.5) is 0 Å². The predicted molar refractivity (Wildman–Crippen MR) is 38.6 cm³/mol. The van der Waals surface area contributed by atoms with E-state index >= 15 is 0 Å². The molecule has 1 unspecified atom stereocenters. The molecule has 0 radical (unpaired) electrons. The maximum absolute atomic E-state index is 10.00. The first-order chi connectivity index (χ1) is 5.43. The van der Waals surface area contributed by atoms with Crippen LogP contribution in [0.25, 0.3) is 0 Å². The van der Waals surface area contributed by atoms with Gasteiger partial charge in [-0.1, -0.05) is 13.8 Å². The Kier molecular flexibility index (Phi) is 3.95. The molecule has 0 spiro atoms. The molecule has 0 aromatic carbocycles. The molecule has 0 aliphatic heterocycles. The Morgan fingerprint density at radius 3 is 2.08 bits per heavy atom. The van der Waals surface area contributed by atoms with Crippen LogP contribution in [0.3, 0.4) is 0 Å². The molecule has 1 atom stereocenters. The smallest absolute Gasteiger partial charge is 0.295 e. The van der Waals surface area contributed by atoms with Gasteiger partial charge in [-0.3, -0.25) is 10.1 Å². The molecule has 0 aromatic rings. The summed E-state index contributed by atoms with van der Waals surface area (Å²) in [5.74, 6) is -0.249. The van der Waals surface area contributed by atoms with Crippen LogP contribution in [0.2, 0.25) is 0 Å². The van der Waals surface area contributed by atoms with Crippen LogP contribution in [-0.4, -0.2) is 22.7 Å². The zero-order valence-electron chi connectivity index (χ0n) is 6.80. The van der Waals surface area contributed by atoms with Gasteiger partial charge in [0.1, 0.15) is 0 Å². The summed E-state index contributed by atoms with van der Waals surface area (Å²) in [7, 11) is 0. The van der Waals surface area contributed by atoms with E-state index in [2.05, 4.69) is 4.84 Å². The molecule has 0 N–H and O–H groups in total.